The summed E-state index contributed by atoms with van der Waals surface area (Å²) in [5, 5.41) is 2.65. The largest absolute Gasteiger partial charge is 0.280 e. The van der Waals surface area contributed by atoms with E-state index in [0.29, 0.717) is 17.2 Å². The Bertz CT molecular complexity index is 797. The Labute approximate surface area is 139 Å². The minimum absolute atomic E-state index is 0.0699. The number of rotatable bonds is 5. The summed E-state index contributed by atoms with van der Waals surface area (Å²) < 4.78 is 0. The number of benzene rings is 2. The molecule has 0 bridgehead atoms. The maximum absolute atomic E-state index is 12.7. The standard InChI is InChI=1S/C19H16N2OS/c1-2-13-21(18(22)16-11-7-4-8-12-16)19-20-17(14-23-19)15-9-5-3-6-10-15/h2-12,14H,1,13H2. The summed E-state index contributed by atoms with van der Waals surface area (Å²) >= 11 is 1.46. The van der Waals surface area contributed by atoms with E-state index in [9.17, 15) is 4.79 Å². The lowest BCUT2D eigenvalue weighted by molar-refractivity contribution is 0.0989. The molecular weight excluding hydrogens is 304 g/mol. The number of nitrogens with zero attached hydrogens (tertiary/aromatic N) is 2. The minimum Gasteiger partial charge on any atom is -0.280 e. The maximum atomic E-state index is 12.7. The Balaban J connectivity index is 1.92. The number of carbonyl (C=O) groups excluding carboxylic acids is 1. The number of hydrogen-bond acceptors (Lipinski definition) is 3. The molecule has 0 aliphatic rings. The van der Waals surface area contributed by atoms with Crippen LogP contribution in [0.5, 0.6) is 0 Å². The van der Waals surface area contributed by atoms with Crippen LogP contribution in [-0.2, 0) is 0 Å². The van der Waals surface area contributed by atoms with Gasteiger partial charge in [-0.15, -0.1) is 17.9 Å². The molecule has 0 aliphatic heterocycles. The number of thiazole rings is 1. The summed E-state index contributed by atoms with van der Waals surface area (Å²) in [7, 11) is 0. The first-order valence-corrected chi connectivity index (χ1v) is 8.16. The zero-order chi connectivity index (χ0) is 16.1. The number of carbonyl (C=O) groups is 1. The van der Waals surface area contributed by atoms with Gasteiger partial charge < -0.3 is 0 Å². The van der Waals surface area contributed by atoms with Gasteiger partial charge in [-0.05, 0) is 12.1 Å². The first kappa shape index (κ1) is 15.2. The van der Waals surface area contributed by atoms with E-state index in [1.54, 1.807) is 11.0 Å². The highest BCUT2D eigenvalue weighted by Crippen LogP contribution is 2.28. The normalized spacial score (nSPS) is 10.3. The highest BCUT2D eigenvalue weighted by molar-refractivity contribution is 7.14. The summed E-state index contributed by atoms with van der Waals surface area (Å²) in [4.78, 5) is 19.0. The third-order valence-corrected chi connectivity index (χ3v) is 4.23. The average molecular weight is 320 g/mol. The molecule has 0 aliphatic carbocycles. The Morgan fingerprint density at radius 1 is 1.09 bits per heavy atom. The third kappa shape index (κ3) is 3.38. The zero-order valence-electron chi connectivity index (χ0n) is 12.6. The lowest BCUT2D eigenvalue weighted by Crippen LogP contribution is -2.30. The van der Waals surface area contributed by atoms with Crippen molar-refractivity contribution in [3.63, 3.8) is 0 Å². The predicted octanol–water partition coefficient (Wildman–Crippen LogP) is 4.64. The molecule has 0 spiro atoms. The molecule has 0 radical (unpaired) electrons. The average Bonchev–Trinajstić information content (AvgIpc) is 3.10. The number of amides is 1. The summed E-state index contributed by atoms with van der Waals surface area (Å²) in [6.45, 7) is 4.18. The monoisotopic (exact) mass is 320 g/mol. The van der Waals surface area contributed by atoms with Crippen molar-refractivity contribution < 1.29 is 4.79 Å². The van der Waals surface area contributed by atoms with E-state index in [1.807, 2.05) is 66.0 Å². The molecule has 1 heterocycles. The highest BCUT2D eigenvalue weighted by Gasteiger charge is 2.19. The molecule has 0 fully saturated rings. The van der Waals surface area contributed by atoms with Crippen molar-refractivity contribution in [2.75, 3.05) is 11.4 Å². The molecule has 0 atom stereocenters. The van der Waals surface area contributed by atoms with Gasteiger partial charge in [-0.25, -0.2) is 4.98 Å². The van der Waals surface area contributed by atoms with Gasteiger partial charge in [-0.1, -0.05) is 54.6 Å². The molecule has 3 rings (SSSR count). The van der Waals surface area contributed by atoms with E-state index in [1.165, 1.54) is 11.3 Å². The van der Waals surface area contributed by atoms with Crippen molar-refractivity contribution in [1.29, 1.82) is 0 Å². The molecule has 0 saturated heterocycles. The fraction of sp³-hybridized carbons (Fsp3) is 0.0526. The van der Waals surface area contributed by atoms with Crippen LogP contribution in [0.1, 0.15) is 10.4 Å². The maximum Gasteiger partial charge on any atom is 0.260 e. The molecule has 1 amide bonds. The first-order chi connectivity index (χ1) is 11.3. The molecular formula is C19H16N2OS. The van der Waals surface area contributed by atoms with E-state index in [-0.39, 0.29) is 5.91 Å². The van der Waals surface area contributed by atoms with Crippen LogP contribution >= 0.6 is 11.3 Å². The van der Waals surface area contributed by atoms with Gasteiger partial charge in [-0.2, -0.15) is 0 Å². The Morgan fingerprint density at radius 3 is 2.39 bits per heavy atom. The fourth-order valence-electron chi connectivity index (χ4n) is 2.24. The van der Waals surface area contributed by atoms with Crippen LogP contribution in [0.2, 0.25) is 0 Å². The smallest absolute Gasteiger partial charge is 0.260 e. The van der Waals surface area contributed by atoms with Crippen molar-refractivity contribution in [3.8, 4) is 11.3 Å². The lowest BCUT2D eigenvalue weighted by Gasteiger charge is -2.18. The van der Waals surface area contributed by atoms with E-state index in [2.05, 4.69) is 11.6 Å². The molecule has 0 saturated carbocycles. The highest BCUT2D eigenvalue weighted by atomic mass is 32.1. The van der Waals surface area contributed by atoms with Gasteiger partial charge in [0, 0.05) is 23.1 Å². The fourth-order valence-corrected chi connectivity index (χ4v) is 3.08. The number of aromatic nitrogens is 1. The van der Waals surface area contributed by atoms with Crippen molar-refractivity contribution in [2.24, 2.45) is 0 Å². The molecule has 23 heavy (non-hydrogen) atoms. The Kier molecular flexibility index (Phi) is 4.64. The van der Waals surface area contributed by atoms with Gasteiger partial charge in [-0.3, -0.25) is 9.69 Å². The Hall–Kier alpha value is -2.72. The lowest BCUT2D eigenvalue weighted by atomic mass is 10.2. The first-order valence-electron chi connectivity index (χ1n) is 7.28. The van der Waals surface area contributed by atoms with Crippen LogP contribution in [0.25, 0.3) is 11.3 Å². The topological polar surface area (TPSA) is 33.2 Å². The molecule has 3 aromatic rings. The summed E-state index contributed by atoms with van der Waals surface area (Å²) in [5.41, 5.74) is 2.56. The van der Waals surface area contributed by atoms with Gasteiger partial charge in [0.2, 0.25) is 0 Å². The Morgan fingerprint density at radius 2 is 1.74 bits per heavy atom. The summed E-state index contributed by atoms with van der Waals surface area (Å²) in [6.07, 6.45) is 1.71. The van der Waals surface area contributed by atoms with Crippen LogP contribution in [-0.4, -0.2) is 17.4 Å². The van der Waals surface area contributed by atoms with Gasteiger partial charge in [0.05, 0.1) is 5.69 Å². The van der Waals surface area contributed by atoms with Gasteiger partial charge >= 0.3 is 0 Å². The van der Waals surface area contributed by atoms with E-state index < -0.39 is 0 Å². The predicted molar refractivity (Wildman–Crippen MR) is 95.9 cm³/mol. The van der Waals surface area contributed by atoms with Crippen LogP contribution < -0.4 is 4.90 Å². The number of anilines is 1. The van der Waals surface area contributed by atoms with E-state index in [4.69, 9.17) is 0 Å². The van der Waals surface area contributed by atoms with Crippen LogP contribution in [0.3, 0.4) is 0 Å². The molecule has 2 aromatic carbocycles. The van der Waals surface area contributed by atoms with E-state index in [0.717, 1.165) is 11.3 Å². The van der Waals surface area contributed by atoms with Crippen molar-refractivity contribution >= 4 is 22.4 Å². The molecule has 114 valence electrons. The SMILES string of the molecule is C=CCN(C(=O)c1ccccc1)c1nc(-c2ccccc2)cs1. The zero-order valence-corrected chi connectivity index (χ0v) is 13.4. The quantitative estimate of drug-likeness (QED) is 0.641. The van der Waals surface area contributed by atoms with Crippen LogP contribution in [0.4, 0.5) is 5.13 Å². The second-order valence-electron chi connectivity index (χ2n) is 4.95. The second kappa shape index (κ2) is 7.03. The van der Waals surface area contributed by atoms with Gasteiger partial charge in [0.25, 0.3) is 5.91 Å². The van der Waals surface area contributed by atoms with Crippen molar-refractivity contribution in [3.05, 3.63) is 84.3 Å². The van der Waals surface area contributed by atoms with Crippen LogP contribution in [0.15, 0.2) is 78.7 Å². The van der Waals surface area contributed by atoms with Gasteiger partial charge in [0.15, 0.2) is 5.13 Å². The molecule has 4 heteroatoms. The second-order valence-corrected chi connectivity index (χ2v) is 5.79. The molecule has 1 aromatic heterocycles. The van der Waals surface area contributed by atoms with Gasteiger partial charge in [0.1, 0.15) is 0 Å². The molecule has 3 nitrogen and oxygen atoms in total. The van der Waals surface area contributed by atoms with Crippen LogP contribution in [0, 0.1) is 0 Å². The summed E-state index contributed by atoms with van der Waals surface area (Å²) in [5.74, 6) is -0.0699. The molecule has 0 unspecified atom stereocenters. The van der Waals surface area contributed by atoms with Crippen molar-refractivity contribution in [2.45, 2.75) is 0 Å². The van der Waals surface area contributed by atoms with E-state index >= 15 is 0 Å². The number of hydrogen-bond donors (Lipinski definition) is 0. The minimum atomic E-state index is -0.0699. The third-order valence-electron chi connectivity index (χ3n) is 3.37. The molecule has 0 N–H and O–H groups in total. The summed E-state index contributed by atoms with van der Waals surface area (Å²) in [6, 6.07) is 19.2. The van der Waals surface area contributed by atoms with Crippen molar-refractivity contribution in [1.82, 2.24) is 4.98 Å².